The zero-order valence-corrected chi connectivity index (χ0v) is 16.1. The van der Waals surface area contributed by atoms with E-state index < -0.39 is 0 Å². The molecular formula is C21H31N3O3. The Kier molecular flexibility index (Phi) is 5.66. The first kappa shape index (κ1) is 18.7. The lowest BCUT2D eigenvalue weighted by atomic mass is 9.89. The number of phenols is 1. The number of likely N-dealkylation sites (tertiary alicyclic amines) is 2. The standard InChI is InChI=1S/C21H31N3O3/c25-19-4-1-3-18(15-19)16-22-9-6-21(7-10-22)17-23(13-14-27-21)11-12-24-8-2-5-20(24)26/h1,3-4,15,25H,2,5-14,16-17H2. The topological polar surface area (TPSA) is 56.2 Å². The van der Waals surface area contributed by atoms with Crippen LogP contribution in [0.15, 0.2) is 24.3 Å². The van der Waals surface area contributed by atoms with Gasteiger partial charge >= 0.3 is 0 Å². The average molecular weight is 373 g/mol. The number of hydrogen-bond acceptors (Lipinski definition) is 5. The summed E-state index contributed by atoms with van der Waals surface area (Å²) in [5.41, 5.74) is 1.13. The lowest BCUT2D eigenvalue weighted by molar-refractivity contribution is -0.138. The predicted octanol–water partition coefficient (Wildman–Crippen LogP) is 1.68. The van der Waals surface area contributed by atoms with E-state index in [4.69, 9.17) is 4.74 Å². The quantitative estimate of drug-likeness (QED) is 0.851. The van der Waals surface area contributed by atoms with Crippen molar-refractivity contribution in [3.63, 3.8) is 0 Å². The van der Waals surface area contributed by atoms with Gasteiger partial charge in [0.1, 0.15) is 5.75 Å². The number of ether oxygens (including phenoxy) is 1. The third-order valence-corrected chi connectivity index (χ3v) is 6.27. The summed E-state index contributed by atoms with van der Waals surface area (Å²) in [4.78, 5) is 18.8. The highest BCUT2D eigenvalue weighted by Gasteiger charge is 2.39. The van der Waals surface area contributed by atoms with E-state index in [9.17, 15) is 9.90 Å². The van der Waals surface area contributed by atoms with Crippen LogP contribution in [0.4, 0.5) is 0 Å². The highest BCUT2D eigenvalue weighted by molar-refractivity contribution is 5.78. The number of amides is 1. The summed E-state index contributed by atoms with van der Waals surface area (Å²) < 4.78 is 6.26. The number of carbonyl (C=O) groups is 1. The summed E-state index contributed by atoms with van der Waals surface area (Å²) in [6, 6.07) is 7.55. The molecule has 27 heavy (non-hydrogen) atoms. The molecule has 0 aromatic heterocycles. The fraction of sp³-hybridized carbons (Fsp3) is 0.667. The van der Waals surface area contributed by atoms with Crippen LogP contribution in [0.1, 0.15) is 31.2 Å². The lowest BCUT2D eigenvalue weighted by Gasteiger charge is -2.47. The zero-order chi connectivity index (χ0) is 18.7. The molecule has 0 atom stereocenters. The van der Waals surface area contributed by atoms with Crippen molar-refractivity contribution < 1.29 is 14.6 Å². The van der Waals surface area contributed by atoms with Gasteiger partial charge in [-0.3, -0.25) is 14.6 Å². The van der Waals surface area contributed by atoms with E-state index in [1.54, 1.807) is 6.07 Å². The minimum absolute atomic E-state index is 0.0252. The predicted molar refractivity (Wildman–Crippen MR) is 104 cm³/mol. The molecule has 148 valence electrons. The van der Waals surface area contributed by atoms with Gasteiger partial charge in [0.2, 0.25) is 5.91 Å². The largest absolute Gasteiger partial charge is 0.508 e. The molecule has 0 radical (unpaired) electrons. The monoisotopic (exact) mass is 373 g/mol. The van der Waals surface area contributed by atoms with Crippen molar-refractivity contribution in [3.8, 4) is 5.75 Å². The van der Waals surface area contributed by atoms with Gasteiger partial charge in [0.25, 0.3) is 0 Å². The van der Waals surface area contributed by atoms with Crippen LogP contribution in [0.25, 0.3) is 0 Å². The van der Waals surface area contributed by atoms with E-state index in [0.29, 0.717) is 11.7 Å². The number of carbonyl (C=O) groups excluding carboxylic acids is 1. The van der Waals surface area contributed by atoms with Crippen LogP contribution in [0.2, 0.25) is 0 Å². The van der Waals surface area contributed by atoms with Crippen molar-refractivity contribution in [2.45, 2.75) is 37.8 Å². The van der Waals surface area contributed by atoms with Gasteiger partial charge in [0.05, 0.1) is 12.2 Å². The minimum atomic E-state index is -0.0252. The van der Waals surface area contributed by atoms with Crippen LogP contribution in [-0.4, -0.2) is 83.7 Å². The third-order valence-electron chi connectivity index (χ3n) is 6.27. The molecule has 1 N–H and O–H groups in total. The number of aromatic hydroxyl groups is 1. The van der Waals surface area contributed by atoms with E-state index >= 15 is 0 Å². The van der Waals surface area contributed by atoms with Crippen molar-refractivity contribution >= 4 is 5.91 Å². The molecule has 3 heterocycles. The molecular weight excluding hydrogens is 342 g/mol. The maximum atomic E-state index is 11.8. The number of piperidine rings is 1. The normalized spacial score (nSPS) is 24.0. The van der Waals surface area contributed by atoms with Gasteiger partial charge in [-0.15, -0.1) is 0 Å². The molecule has 6 heteroatoms. The van der Waals surface area contributed by atoms with E-state index in [2.05, 4.69) is 15.9 Å². The van der Waals surface area contributed by atoms with Crippen molar-refractivity contribution in [3.05, 3.63) is 29.8 Å². The van der Waals surface area contributed by atoms with Gasteiger partial charge in [0, 0.05) is 58.8 Å². The van der Waals surface area contributed by atoms with Gasteiger partial charge in [-0.2, -0.15) is 0 Å². The van der Waals surface area contributed by atoms with Gasteiger partial charge in [-0.05, 0) is 37.0 Å². The van der Waals surface area contributed by atoms with Gasteiger partial charge in [-0.1, -0.05) is 12.1 Å². The van der Waals surface area contributed by atoms with Gasteiger partial charge in [-0.25, -0.2) is 0 Å². The van der Waals surface area contributed by atoms with E-state index in [0.717, 1.165) is 90.2 Å². The van der Waals surface area contributed by atoms with E-state index in [1.165, 1.54) is 0 Å². The first-order valence-electron chi connectivity index (χ1n) is 10.3. The fourth-order valence-corrected chi connectivity index (χ4v) is 4.65. The second kappa shape index (κ2) is 8.17. The van der Waals surface area contributed by atoms with E-state index in [-0.39, 0.29) is 5.60 Å². The highest BCUT2D eigenvalue weighted by Crippen LogP contribution is 2.31. The second-order valence-corrected chi connectivity index (χ2v) is 8.24. The van der Waals surface area contributed by atoms with Crippen molar-refractivity contribution in [2.75, 3.05) is 52.4 Å². The van der Waals surface area contributed by atoms with Crippen molar-refractivity contribution in [1.82, 2.24) is 14.7 Å². The lowest BCUT2D eigenvalue weighted by Crippen LogP contribution is -2.57. The Morgan fingerprint density at radius 3 is 2.67 bits per heavy atom. The maximum absolute atomic E-state index is 11.8. The SMILES string of the molecule is O=C1CCCN1CCN1CCOC2(CCN(Cc3cccc(O)c3)CC2)C1. The fourth-order valence-electron chi connectivity index (χ4n) is 4.65. The Morgan fingerprint density at radius 2 is 1.93 bits per heavy atom. The minimum Gasteiger partial charge on any atom is -0.508 e. The molecule has 0 aliphatic carbocycles. The Balaban J connectivity index is 1.26. The van der Waals surface area contributed by atoms with Gasteiger partial charge < -0.3 is 14.7 Å². The zero-order valence-electron chi connectivity index (χ0n) is 16.1. The van der Waals surface area contributed by atoms with Crippen molar-refractivity contribution in [1.29, 1.82) is 0 Å². The van der Waals surface area contributed by atoms with Crippen molar-refractivity contribution in [2.24, 2.45) is 0 Å². The van der Waals surface area contributed by atoms with Crippen LogP contribution >= 0.6 is 0 Å². The van der Waals surface area contributed by atoms with Crippen LogP contribution in [0.3, 0.4) is 0 Å². The average Bonchev–Trinajstić information content (AvgIpc) is 3.07. The summed E-state index contributed by atoms with van der Waals surface area (Å²) in [6.45, 7) is 8.42. The number of morpholine rings is 1. The van der Waals surface area contributed by atoms with Crippen LogP contribution in [0, 0.1) is 0 Å². The highest BCUT2D eigenvalue weighted by atomic mass is 16.5. The second-order valence-electron chi connectivity index (χ2n) is 8.24. The number of hydrogen-bond donors (Lipinski definition) is 1. The molecule has 3 aliphatic rings. The van der Waals surface area contributed by atoms with Crippen LogP contribution in [0.5, 0.6) is 5.75 Å². The number of phenolic OH excluding ortho intramolecular Hbond substituents is 1. The molecule has 1 aromatic carbocycles. The van der Waals surface area contributed by atoms with Crippen LogP contribution in [-0.2, 0) is 16.1 Å². The molecule has 0 bridgehead atoms. The van der Waals surface area contributed by atoms with Gasteiger partial charge in [0.15, 0.2) is 0 Å². The summed E-state index contributed by atoms with van der Waals surface area (Å²) in [5, 5.41) is 9.65. The molecule has 3 fully saturated rings. The Morgan fingerprint density at radius 1 is 1.07 bits per heavy atom. The number of rotatable bonds is 5. The Labute approximate surface area is 161 Å². The smallest absolute Gasteiger partial charge is 0.222 e. The van der Waals surface area contributed by atoms with E-state index in [1.807, 2.05) is 17.0 Å². The summed E-state index contributed by atoms with van der Waals surface area (Å²) in [6.07, 6.45) is 3.83. The Bertz CT molecular complexity index is 658. The third kappa shape index (κ3) is 4.62. The molecule has 1 amide bonds. The number of nitrogens with zero attached hydrogens (tertiary/aromatic N) is 3. The first-order chi connectivity index (χ1) is 13.1. The molecule has 3 aliphatic heterocycles. The molecule has 1 spiro atoms. The Hall–Kier alpha value is -1.63. The molecule has 6 nitrogen and oxygen atoms in total. The molecule has 4 rings (SSSR count). The summed E-state index contributed by atoms with van der Waals surface area (Å²) in [5.74, 6) is 0.655. The molecule has 3 saturated heterocycles. The molecule has 0 unspecified atom stereocenters. The van der Waals surface area contributed by atoms with Crippen LogP contribution < -0.4 is 0 Å². The molecule has 0 saturated carbocycles. The molecule has 1 aromatic rings. The number of benzene rings is 1. The first-order valence-corrected chi connectivity index (χ1v) is 10.3. The maximum Gasteiger partial charge on any atom is 0.222 e. The summed E-state index contributed by atoms with van der Waals surface area (Å²) in [7, 11) is 0. The summed E-state index contributed by atoms with van der Waals surface area (Å²) >= 11 is 0.